The van der Waals surface area contributed by atoms with E-state index in [1.54, 1.807) is 6.07 Å². The van der Waals surface area contributed by atoms with Gasteiger partial charge in [0.15, 0.2) is 0 Å². The molecule has 0 aromatic heterocycles. The summed E-state index contributed by atoms with van der Waals surface area (Å²) in [7, 11) is 0. The Kier molecular flexibility index (Phi) is 5.14. The van der Waals surface area contributed by atoms with Crippen LogP contribution in [0.3, 0.4) is 0 Å². The number of hydrogen-bond acceptors (Lipinski definition) is 3. The summed E-state index contributed by atoms with van der Waals surface area (Å²) in [5.74, 6) is -0.0627. The zero-order valence-electron chi connectivity index (χ0n) is 15.3. The van der Waals surface area contributed by atoms with Crippen LogP contribution >= 0.6 is 0 Å². The first-order chi connectivity index (χ1) is 13.2. The van der Waals surface area contributed by atoms with Crippen LogP contribution in [0.15, 0.2) is 59.2 Å². The lowest BCUT2D eigenvalue weighted by atomic mass is 10.0. The van der Waals surface area contributed by atoms with Gasteiger partial charge in [0.05, 0.1) is 12.2 Å². The molecule has 2 aromatic rings. The topological polar surface area (TPSA) is 32.7 Å². The van der Waals surface area contributed by atoms with E-state index in [0.29, 0.717) is 19.3 Å². The smallest absolute Gasteiger partial charge is 0.137 e. The molecular formula is C23H23FN2O. The molecule has 2 aliphatic heterocycles. The summed E-state index contributed by atoms with van der Waals surface area (Å²) in [5, 5.41) is 0. The number of Topliss-reactive ketones (excluding diaryl/α,β-unsaturated/α-hetero) is 1. The average molecular weight is 362 g/mol. The highest BCUT2D eigenvalue weighted by molar-refractivity contribution is 5.81. The van der Waals surface area contributed by atoms with Crippen molar-refractivity contribution in [2.45, 2.75) is 32.1 Å². The Morgan fingerprint density at radius 2 is 2.07 bits per heavy atom. The molecule has 0 saturated carbocycles. The van der Waals surface area contributed by atoms with Gasteiger partial charge in [0.25, 0.3) is 0 Å². The number of rotatable bonds is 7. The maximum atomic E-state index is 13.2. The Morgan fingerprint density at radius 3 is 2.89 bits per heavy atom. The quantitative estimate of drug-likeness (QED) is 0.736. The molecule has 4 rings (SSSR count). The van der Waals surface area contributed by atoms with Gasteiger partial charge in [-0.1, -0.05) is 30.3 Å². The minimum absolute atomic E-state index is 0.187. The molecule has 2 aliphatic rings. The lowest BCUT2D eigenvalue weighted by Crippen LogP contribution is -2.22. The van der Waals surface area contributed by atoms with Crippen LogP contribution < -0.4 is 4.90 Å². The summed E-state index contributed by atoms with van der Waals surface area (Å²) in [6.07, 6.45) is 7.52. The number of allylic oxidation sites excluding steroid dienone is 1. The van der Waals surface area contributed by atoms with Crippen LogP contribution in [0.25, 0.3) is 0 Å². The van der Waals surface area contributed by atoms with Crippen molar-refractivity contribution in [2.24, 2.45) is 4.99 Å². The molecule has 0 unspecified atom stereocenters. The summed E-state index contributed by atoms with van der Waals surface area (Å²) in [6.45, 7) is 1.83. The van der Waals surface area contributed by atoms with Gasteiger partial charge in [-0.3, -0.25) is 9.79 Å². The highest BCUT2D eigenvalue weighted by Crippen LogP contribution is 2.30. The number of carbonyl (C=O) groups excluding carboxylic acids is 1. The molecule has 0 atom stereocenters. The molecule has 0 amide bonds. The number of benzene rings is 2. The molecule has 4 heteroatoms. The van der Waals surface area contributed by atoms with Crippen molar-refractivity contribution in [2.75, 3.05) is 18.0 Å². The predicted molar refractivity (Wildman–Crippen MR) is 107 cm³/mol. The number of hydrogen-bond donors (Lipinski definition) is 0. The second kappa shape index (κ2) is 7.87. The molecule has 0 bridgehead atoms. The van der Waals surface area contributed by atoms with Crippen molar-refractivity contribution >= 4 is 17.7 Å². The first kappa shape index (κ1) is 17.7. The fourth-order valence-corrected chi connectivity index (χ4v) is 3.77. The van der Waals surface area contributed by atoms with Crippen molar-refractivity contribution < 1.29 is 9.18 Å². The number of halogens is 1. The van der Waals surface area contributed by atoms with Crippen LogP contribution in [0, 0.1) is 5.82 Å². The molecule has 0 N–H and O–H groups in total. The van der Waals surface area contributed by atoms with Gasteiger partial charge in [-0.25, -0.2) is 4.39 Å². The third-order valence-corrected chi connectivity index (χ3v) is 5.19. The molecule has 2 heterocycles. The normalized spacial score (nSPS) is 15.1. The number of aliphatic imine (C=N–C) groups is 1. The van der Waals surface area contributed by atoms with E-state index in [0.717, 1.165) is 42.8 Å². The van der Waals surface area contributed by atoms with Crippen LogP contribution in [0.5, 0.6) is 0 Å². The van der Waals surface area contributed by atoms with Crippen molar-refractivity contribution in [3.8, 4) is 0 Å². The van der Waals surface area contributed by atoms with E-state index in [-0.39, 0.29) is 11.6 Å². The van der Waals surface area contributed by atoms with Crippen LogP contribution in [0.1, 0.15) is 29.5 Å². The van der Waals surface area contributed by atoms with Crippen LogP contribution in [0.4, 0.5) is 10.1 Å². The molecule has 2 aromatic carbocycles. The number of fused-ring (bicyclic) bond motifs is 1. The zero-order valence-corrected chi connectivity index (χ0v) is 15.3. The Hall–Kier alpha value is -2.75. The number of anilines is 1. The monoisotopic (exact) mass is 362 g/mol. The van der Waals surface area contributed by atoms with Crippen LogP contribution in [-0.4, -0.2) is 25.1 Å². The lowest BCUT2D eigenvalue weighted by Gasteiger charge is -2.19. The Balaban J connectivity index is 1.38. The van der Waals surface area contributed by atoms with Gasteiger partial charge >= 0.3 is 0 Å². The molecule has 0 aliphatic carbocycles. The third kappa shape index (κ3) is 4.33. The molecule has 27 heavy (non-hydrogen) atoms. The lowest BCUT2D eigenvalue weighted by molar-refractivity contribution is -0.118. The first-order valence-electron chi connectivity index (χ1n) is 9.52. The Morgan fingerprint density at radius 1 is 1.15 bits per heavy atom. The molecular weight excluding hydrogens is 339 g/mol. The number of carbonyl (C=O) groups is 1. The van der Waals surface area contributed by atoms with E-state index in [4.69, 9.17) is 0 Å². The zero-order chi connectivity index (χ0) is 18.6. The third-order valence-electron chi connectivity index (χ3n) is 5.19. The molecule has 0 radical (unpaired) electrons. The largest absolute Gasteiger partial charge is 0.365 e. The highest BCUT2D eigenvalue weighted by atomic mass is 19.1. The molecule has 138 valence electrons. The number of nitrogens with zero attached hydrogens (tertiary/aromatic N) is 2. The second-order valence-corrected chi connectivity index (χ2v) is 7.22. The van der Waals surface area contributed by atoms with Gasteiger partial charge in [0.1, 0.15) is 11.6 Å². The average Bonchev–Trinajstić information content (AvgIpc) is 3.31. The summed E-state index contributed by atoms with van der Waals surface area (Å²) in [5.41, 5.74) is 5.61. The summed E-state index contributed by atoms with van der Waals surface area (Å²) >= 11 is 0. The fourth-order valence-electron chi connectivity index (χ4n) is 3.77. The summed E-state index contributed by atoms with van der Waals surface area (Å²) in [6, 6.07) is 12.8. The van der Waals surface area contributed by atoms with Crippen LogP contribution in [-0.2, 0) is 24.1 Å². The van der Waals surface area contributed by atoms with Gasteiger partial charge in [-0.15, -0.1) is 0 Å². The predicted octanol–water partition coefficient (Wildman–Crippen LogP) is 4.29. The van der Waals surface area contributed by atoms with Crippen molar-refractivity contribution in [3.05, 3.63) is 76.7 Å². The second-order valence-electron chi connectivity index (χ2n) is 7.22. The van der Waals surface area contributed by atoms with Crippen molar-refractivity contribution in [3.63, 3.8) is 0 Å². The van der Waals surface area contributed by atoms with Gasteiger partial charge in [-0.2, -0.15) is 0 Å². The minimum Gasteiger partial charge on any atom is -0.365 e. The molecule has 0 fully saturated rings. The van der Waals surface area contributed by atoms with Gasteiger partial charge < -0.3 is 4.90 Å². The van der Waals surface area contributed by atoms with Gasteiger partial charge in [0.2, 0.25) is 0 Å². The van der Waals surface area contributed by atoms with E-state index in [9.17, 15) is 9.18 Å². The number of ketones is 1. The molecule has 3 nitrogen and oxygen atoms in total. The molecule has 0 spiro atoms. The van der Waals surface area contributed by atoms with E-state index < -0.39 is 0 Å². The van der Waals surface area contributed by atoms with E-state index >= 15 is 0 Å². The number of aryl methyl sites for hydroxylation is 1. The van der Waals surface area contributed by atoms with Crippen molar-refractivity contribution in [1.29, 1.82) is 0 Å². The molecule has 0 saturated heterocycles. The standard InChI is InChI=1S/C23H23FN2O/c24-20-4-1-3-17(13-20)7-9-22(27)14-18-6-8-19-10-12-26(23(19)15-18)16-21-5-2-11-25-21/h1,3-6,8,11,13,15H,2,7,9-10,12,14,16H2. The minimum atomic E-state index is -0.250. The maximum absolute atomic E-state index is 13.2. The summed E-state index contributed by atoms with van der Waals surface area (Å²) in [4.78, 5) is 19.2. The van der Waals surface area contributed by atoms with E-state index in [2.05, 4.69) is 34.2 Å². The fraction of sp³-hybridized carbons (Fsp3) is 0.304. The maximum Gasteiger partial charge on any atom is 0.137 e. The first-order valence-corrected chi connectivity index (χ1v) is 9.52. The van der Waals surface area contributed by atoms with Crippen molar-refractivity contribution in [1.82, 2.24) is 0 Å². The van der Waals surface area contributed by atoms with Crippen LogP contribution in [0.2, 0.25) is 0 Å². The van der Waals surface area contributed by atoms with E-state index in [1.165, 1.54) is 23.4 Å². The highest BCUT2D eigenvalue weighted by Gasteiger charge is 2.21. The SMILES string of the molecule is O=C(CCc1cccc(F)c1)Cc1ccc2c(c1)N(CC1=CCC=N1)CC2. The summed E-state index contributed by atoms with van der Waals surface area (Å²) < 4.78 is 13.2. The Labute approximate surface area is 159 Å². The van der Waals surface area contributed by atoms with Gasteiger partial charge in [-0.05, 0) is 47.7 Å². The van der Waals surface area contributed by atoms with Gasteiger partial charge in [0, 0.05) is 37.7 Å². The Bertz CT molecular complexity index is 916. The van der Waals surface area contributed by atoms with E-state index in [1.807, 2.05) is 12.3 Å².